The van der Waals surface area contributed by atoms with Crippen LogP contribution in [0.1, 0.15) is 0 Å². The molecule has 1 fully saturated rings. The normalized spacial score (nSPS) is 16.6. The van der Waals surface area contributed by atoms with E-state index in [0.29, 0.717) is 35.7 Å². The van der Waals surface area contributed by atoms with Crippen LogP contribution in [0.3, 0.4) is 0 Å². The Morgan fingerprint density at radius 1 is 1.33 bits per heavy atom. The highest BCUT2D eigenvalue weighted by atomic mass is 35.5. The third-order valence-corrected chi connectivity index (χ3v) is 4.43. The van der Waals surface area contributed by atoms with Crippen LogP contribution in [0.2, 0.25) is 0 Å². The van der Waals surface area contributed by atoms with Crippen LogP contribution in [0.15, 0.2) is 55.2 Å². The number of cyclic esters (lactones) is 1. The molecule has 0 aliphatic carbocycles. The van der Waals surface area contributed by atoms with Gasteiger partial charge in [-0.3, -0.25) is 9.47 Å². The van der Waals surface area contributed by atoms with E-state index in [1.165, 1.54) is 11.0 Å². The van der Waals surface area contributed by atoms with Crippen molar-refractivity contribution in [3.8, 4) is 16.9 Å². The number of carbonyl (C=O) groups is 1. The minimum absolute atomic E-state index is 0.304. The Morgan fingerprint density at radius 2 is 2.22 bits per heavy atom. The van der Waals surface area contributed by atoms with E-state index in [1.807, 2.05) is 0 Å². The molecule has 0 unspecified atom stereocenters. The molecule has 1 N–H and O–H groups in total. The van der Waals surface area contributed by atoms with E-state index in [9.17, 15) is 9.18 Å². The van der Waals surface area contributed by atoms with Gasteiger partial charge < -0.3 is 4.74 Å². The van der Waals surface area contributed by atoms with Gasteiger partial charge in [-0.1, -0.05) is 0 Å². The molecule has 0 spiro atoms. The fourth-order valence-corrected chi connectivity index (χ4v) is 3.10. The maximum Gasteiger partial charge on any atom is 0.414 e. The summed E-state index contributed by atoms with van der Waals surface area (Å²) in [5.74, 6) is 0.239. The molecular formula is C18H15ClFN5O2. The van der Waals surface area contributed by atoms with Crippen molar-refractivity contribution in [1.82, 2.24) is 19.4 Å². The van der Waals surface area contributed by atoms with Gasteiger partial charge in [-0.2, -0.15) is 0 Å². The molecular weight excluding hydrogens is 373 g/mol. The van der Waals surface area contributed by atoms with E-state index in [4.69, 9.17) is 16.5 Å². The minimum Gasteiger partial charge on any atom is -0.443 e. The van der Waals surface area contributed by atoms with Gasteiger partial charge in [0.1, 0.15) is 24.1 Å². The predicted molar refractivity (Wildman–Crippen MR) is 98.2 cm³/mol. The smallest absolute Gasteiger partial charge is 0.414 e. The molecule has 1 amide bonds. The fourth-order valence-electron chi connectivity index (χ4n) is 2.92. The van der Waals surface area contributed by atoms with Crippen LogP contribution in [-0.4, -0.2) is 39.8 Å². The number of aromatic nitrogens is 3. The lowest BCUT2D eigenvalue weighted by Gasteiger charge is -2.14. The third-order valence-electron chi connectivity index (χ3n) is 4.27. The Kier molecular flexibility index (Phi) is 4.74. The summed E-state index contributed by atoms with van der Waals surface area (Å²) in [5.41, 5.74) is 1.47. The molecule has 0 radical (unpaired) electrons. The predicted octanol–water partition coefficient (Wildman–Crippen LogP) is 3.14. The maximum absolute atomic E-state index is 14.7. The van der Waals surface area contributed by atoms with Crippen LogP contribution in [0.5, 0.6) is 0 Å². The largest absolute Gasteiger partial charge is 0.443 e. The lowest BCUT2D eigenvalue weighted by Crippen LogP contribution is -2.27. The van der Waals surface area contributed by atoms with Crippen molar-refractivity contribution in [3.63, 3.8) is 0 Å². The highest BCUT2D eigenvalue weighted by molar-refractivity contribution is 6.13. The number of nitrogens with zero attached hydrogens (tertiary/aromatic N) is 4. The summed E-state index contributed by atoms with van der Waals surface area (Å²) in [5, 5.41) is 0. The topological polar surface area (TPSA) is 72.3 Å². The van der Waals surface area contributed by atoms with E-state index in [2.05, 4.69) is 14.8 Å². The van der Waals surface area contributed by atoms with Crippen molar-refractivity contribution in [2.45, 2.75) is 6.10 Å². The van der Waals surface area contributed by atoms with E-state index in [1.54, 1.807) is 53.8 Å². The summed E-state index contributed by atoms with van der Waals surface area (Å²) in [6.07, 6.45) is 5.77. The van der Waals surface area contributed by atoms with Gasteiger partial charge in [-0.15, -0.1) is 0 Å². The number of benzene rings is 1. The SMILES string of the molecule is O=C1O[C@@H](CNCl)CN1c1ccc(-c2ccc(-n3ccnc3)nc2)c(F)c1. The first-order valence-electron chi connectivity index (χ1n) is 8.21. The zero-order chi connectivity index (χ0) is 18.8. The summed E-state index contributed by atoms with van der Waals surface area (Å²) < 4.78 is 21.6. The monoisotopic (exact) mass is 387 g/mol. The Balaban J connectivity index is 1.56. The third kappa shape index (κ3) is 3.49. The molecule has 1 atom stereocenters. The van der Waals surface area contributed by atoms with E-state index in [-0.39, 0.29) is 6.10 Å². The first kappa shape index (κ1) is 17.4. The van der Waals surface area contributed by atoms with Gasteiger partial charge in [0.25, 0.3) is 0 Å². The van der Waals surface area contributed by atoms with E-state index in [0.717, 1.165) is 0 Å². The molecule has 9 heteroatoms. The number of hydrogen-bond donors (Lipinski definition) is 1. The number of nitrogens with one attached hydrogen (secondary N) is 1. The average Bonchev–Trinajstić information content (AvgIpc) is 3.32. The molecule has 0 saturated carbocycles. The standard InChI is InChI=1S/C18H15ClFN5O2/c19-23-9-14-10-25(18(26)27-14)13-2-3-15(16(20)7-13)12-1-4-17(22-8-12)24-6-5-21-11-24/h1-8,11,14,23H,9-10H2/t14-/m0/s1. The number of amides is 1. The molecule has 1 saturated heterocycles. The number of pyridine rings is 1. The van der Waals surface area contributed by atoms with Crippen molar-refractivity contribution in [3.05, 3.63) is 61.1 Å². The zero-order valence-electron chi connectivity index (χ0n) is 14.0. The van der Waals surface area contributed by atoms with Gasteiger partial charge in [0.15, 0.2) is 0 Å². The zero-order valence-corrected chi connectivity index (χ0v) is 14.8. The van der Waals surface area contributed by atoms with Gasteiger partial charge >= 0.3 is 6.09 Å². The molecule has 1 aromatic carbocycles. The summed E-state index contributed by atoms with van der Waals surface area (Å²) in [6.45, 7) is 0.623. The van der Waals surface area contributed by atoms with Gasteiger partial charge in [-0.25, -0.2) is 24.0 Å². The quantitative estimate of drug-likeness (QED) is 0.681. The second kappa shape index (κ2) is 7.34. The van der Waals surface area contributed by atoms with Gasteiger partial charge in [0, 0.05) is 36.3 Å². The molecule has 3 aromatic rings. The number of anilines is 1. The summed E-state index contributed by atoms with van der Waals surface area (Å²) >= 11 is 5.45. The average molecular weight is 388 g/mol. The van der Waals surface area contributed by atoms with Gasteiger partial charge in [-0.05, 0) is 42.1 Å². The van der Waals surface area contributed by atoms with Crippen LogP contribution in [0, 0.1) is 5.82 Å². The Hall–Kier alpha value is -2.97. The molecule has 27 heavy (non-hydrogen) atoms. The van der Waals surface area contributed by atoms with E-state index >= 15 is 0 Å². The lowest BCUT2D eigenvalue weighted by molar-refractivity contribution is 0.143. The Morgan fingerprint density at radius 3 is 2.89 bits per heavy atom. The first-order valence-corrected chi connectivity index (χ1v) is 8.59. The Bertz CT molecular complexity index is 949. The van der Waals surface area contributed by atoms with Crippen molar-refractivity contribution >= 4 is 23.6 Å². The van der Waals surface area contributed by atoms with Crippen molar-refractivity contribution in [1.29, 1.82) is 0 Å². The van der Waals surface area contributed by atoms with Crippen LogP contribution in [-0.2, 0) is 4.74 Å². The Labute approximate surface area is 159 Å². The number of imidazole rings is 1. The van der Waals surface area contributed by atoms with Crippen molar-refractivity contribution < 1.29 is 13.9 Å². The highest BCUT2D eigenvalue weighted by Crippen LogP contribution is 2.29. The van der Waals surface area contributed by atoms with Crippen LogP contribution in [0.4, 0.5) is 14.9 Å². The number of hydrogen-bond acceptors (Lipinski definition) is 5. The molecule has 7 nitrogen and oxygen atoms in total. The van der Waals surface area contributed by atoms with Crippen LogP contribution in [0.25, 0.3) is 16.9 Å². The molecule has 4 rings (SSSR count). The van der Waals surface area contributed by atoms with E-state index < -0.39 is 11.9 Å². The molecule has 1 aliphatic heterocycles. The maximum atomic E-state index is 14.7. The second-order valence-corrected chi connectivity index (χ2v) is 6.26. The minimum atomic E-state index is -0.523. The van der Waals surface area contributed by atoms with Crippen LogP contribution < -0.4 is 9.74 Å². The highest BCUT2D eigenvalue weighted by Gasteiger charge is 2.32. The summed E-state index contributed by atoms with van der Waals surface area (Å²) in [4.78, 5) is 24.1. The van der Waals surface area contributed by atoms with Crippen LogP contribution >= 0.6 is 11.8 Å². The molecule has 1 aliphatic rings. The number of halogens is 2. The molecule has 3 heterocycles. The summed E-state index contributed by atoms with van der Waals surface area (Å²) in [7, 11) is 0. The number of ether oxygens (including phenoxy) is 1. The van der Waals surface area contributed by atoms with Gasteiger partial charge in [0.05, 0.1) is 12.2 Å². The van der Waals surface area contributed by atoms with Gasteiger partial charge in [0.2, 0.25) is 0 Å². The molecule has 0 bridgehead atoms. The number of carbonyl (C=O) groups excluding carboxylic acids is 1. The molecule has 2 aromatic heterocycles. The van der Waals surface area contributed by atoms with Crippen molar-refractivity contribution in [2.75, 3.05) is 18.0 Å². The fraction of sp³-hybridized carbons (Fsp3) is 0.167. The lowest BCUT2D eigenvalue weighted by atomic mass is 10.1. The summed E-state index contributed by atoms with van der Waals surface area (Å²) in [6, 6.07) is 8.19. The molecule has 138 valence electrons. The second-order valence-electron chi connectivity index (χ2n) is 5.99. The number of rotatable bonds is 5. The first-order chi connectivity index (χ1) is 13.2. The van der Waals surface area contributed by atoms with Crippen molar-refractivity contribution in [2.24, 2.45) is 0 Å².